The quantitative estimate of drug-likeness (QED) is 0.0630. The summed E-state index contributed by atoms with van der Waals surface area (Å²) >= 11 is 0.935. The maximum absolute atomic E-state index is 13.9. The highest BCUT2D eigenvalue weighted by Gasteiger charge is 2.55. The van der Waals surface area contributed by atoms with Crippen LogP contribution in [0.1, 0.15) is 107 Å². The summed E-state index contributed by atoms with van der Waals surface area (Å²) in [6.45, 7) is 20.8. The first-order valence-electron chi connectivity index (χ1n) is 21.4. The van der Waals surface area contributed by atoms with Crippen molar-refractivity contribution >= 4 is 70.3 Å². The number of guanidine groups is 1. The van der Waals surface area contributed by atoms with Gasteiger partial charge in [0.1, 0.15) is 39.8 Å². The molecule has 4 heterocycles. The minimum atomic E-state index is -1.63. The van der Waals surface area contributed by atoms with E-state index >= 15 is 0 Å². The van der Waals surface area contributed by atoms with Gasteiger partial charge in [-0.15, -0.1) is 16.3 Å². The number of aliphatic carboxylic acids is 1. The van der Waals surface area contributed by atoms with Crippen LogP contribution in [0.2, 0.25) is 0 Å². The molecule has 0 radical (unpaired) electrons. The first-order valence-corrected chi connectivity index (χ1v) is 22.3. The standard InChI is InChI=1S/C41H60N12O13S/c1-37(2,3)62-33(58)42-15-22-17-51(18-22)32(48-35(60)64-39(7,8)9)52(36(61)65-40(10,11)12)19-23-16-43-53(49-23)20-24-26(28(54)44-24)46-29(55)27(50-66-41(13-14-41)30(56)57)25-21-67-31(45-25)47-34(59)63-38(4,5)6/h16,21-22,24,26H,13-15,17-20H2,1-12H3,(H,42,58)(H,44,54)(H,46,55)(H,56,57)(H,45,47,59)/t24-,26+/m1/s1. The second kappa shape index (κ2) is 19.7. The van der Waals surface area contributed by atoms with E-state index in [0.29, 0.717) is 0 Å². The van der Waals surface area contributed by atoms with Gasteiger partial charge in [0, 0.05) is 43.8 Å². The summed E-state index contributed by atoms with van der Waals surface area (Å²) < 4.78 is 21.8. The second-order valence-corrected chi connectivity index (χ2v) is 20.9. The number of alkyl carbamates (subject to hydrolysis) is 1. The van der Waals surface area contributed by atoms with E-state index in [1.807, 2.05) is 0 Å². The van der Waals surface area contributed by atoms with E-state index in [1.165, 1.54) is 16.4 Å². The van der Waals surface area contributed by atoms with Gasteiger partial charge >= 0.3 is 30.3 Å². The lowest BCUT2D eigenvalue weighted by Gasteiger charge is -2.43. The van der Waals surface area contributed by atoms with Gasteiger partial charge < -0.3 is 49.7 Å². The molecule has 26 heteroatoms. The molecule has 368 valence electrons. The number of thiazole rings is 1. The van der Waals surface area contributed by atoms with Crippen LogP contribution in [0.5, 0.6) is 0 Å². The van der Waals surface area contributed by atoms with Crippen molar-refractivity contribution in [2.45, 2.75) is 149 Å². The predicted molar refractivity (Wildman–Crippen MR) is 238 cm³/mol. The van der Waals surface area contributed by atoms with Crippen LogP contribution in [0.25, 0.3) is 0 Å². The number of anilines is 1. The number of carbonyl (C=O) groups is 7. The molecule has 67 heavy (non-hydrogen) atoms. The van der Waals surface area contributed by atoms with E-state index < -0.39 is 88.0 Å². The SMILES string of the molecule is CC(C)(C)OC(=O)N=C(N1CC(CNC(=O)OC(C)(C)C)C1)N(Cc1cnn(C[C@H]2NC(=O)[C@H]2NC(=O)C(=NOC2(C(=O)O)CC2)c2csc(NC(=O)OC(C)(C)C)n2)n1)C(=O)OC(C)(C)C. The van der Waals surface area contributed by atoms with E-state index in [9.17, 15) is 38.7 Å². The van der Waals surface area contributed by atoms with E-state index in [0.717, 1.165) is 16.2 Å². The largest absolute Gasteiger partial charge is 0.478 e. The average molecular weight is 961 g/mol. The Kier molecular flexibility index (Phi) is 15.1. The van der Waals surface area contributed by atoms with Gasteiger partial charge in [0.2, 0.25) is 17.5 Å². The number of carboxylic acids is 1. The number of hydrogen-bond donors (Lipinski definition) is 5. The Morgan fingerprint density at radius 1 is 0.910 bits per heavy atom. The third-order valence-corrected chi connectivity index (χ3v) is 9.91. The number of carboxylic acid groups (broad SMARTS) is 1. The third kappa shape index (κ3) is 15.2. The number of hydrogen-bond acceptors (Lipinski definition) is 17. The van der Waals surface area contributed by atoms with Crippen LogP contribution in [0.15, 0.2) is 21.7 Å². The zero-order valence-corrected chi connectivity index (χ0v) is 40.5. The molecule has 3 aliphatic rings. The van der Waals surface area contributed by atoms with Crippen LogP contribution < -0.4 is 21.3 Å². The molecule has 1 aliphatic carbocycles. The number of oxime groups is 1. The normalized spacial score (nSPS) is 18.6. The molecule has 5 rings (SSSR count). The Balaban J connectivity index is 1.32. The number of aliphatic imine (C=N–C) groups is 1. The predicted octanol–water partition coefficient (Wildman–Crippen LogP) is 3.59. The topological polar surface area (TPSA) is 309 Å². The first kappa shape index (κ1) is 51.4. The summed E-state index contributed by atoms with van der Waals surface area (Å²) in [6.07, 6.45) is -1.56. The molecule has 0 aromatic carbocycles. The summed E-state index contributed by atoms with van der Waals surface area (Å²) in [4.78, 5) is 108. The smallest absolute Gasteiger partial charge is 0.437 e. The van der Waals surface area contributed by atoms with Crippen LogP contribution >= 0.6 is 11.3 Å². The molecule has 0 bridgehead atoms. The van der Waals surface area contributed by atoms with Crippen LogP contribution in [0.4, 0.5) is 24.3 Å². The summed E-state index contributed by atoms with van der Waals surface area (Å²) in [6, 6.07) is -1.93. The molecule has 6 amide bonds. The third-order valence-electron chi connectivity index (χ3n) is 9.15. The summed E-state index contributed by atoms with van der Waals surface area (Å²) in [5.41, 5.74) is -5.33. The van der Waals surface area contributed by atoms with Gasteiger partial charge in [0.25, 0.3) is 5.91 Å². The summed E-state index contributed by atoms with van der Waals surface area (Å²) in [5.74, 6) is -2.96. The van der Waals surface area contributed by atoms with Crippen molar-refractivity contribution in [3.8, 4) is 0 Å². The van der Waals surface area contributed by atoms with E-state index in [1.54, 1.807) is 88.0 Å². The van der Waals surface area contributed by atoms with Crippen LogP contribution in [0.3, 0.4) is 0 Å². The molecule has 0 unspecified atom stereocenters. The highest BCUT2D eigenvalue weighted by Crippen LogP contribution is 2.40. The molecule has 25 nitrogen and oxygen atoms in total. The Hall–Kier alpha value is -6.60. The lowest BCUT2D eigenvalue weighted by Crippen LogP contribution is -2.70. The van der Waals surface area contributed by atoms with Gasteiger partial charge in [-0.3, -0.25) is 14.9 Å². The number of nitrogens with zero attached hydrogens (tertiary/aromatic N) is 8. The van der Waals surface area contributed by atoms with E-state index in [4.69, 9.17) is 23.8 Å². The van der Waals surface area contributed by atoms with Gasteiger partial charge in [0.15, 0.2) is 10.8 Å². The Morgan fingerprint density at radius 3 is 2.09 bits per heavy atom. The molecule has 2 aliphatic heterocycles. The number of nitrogens with one attached hydrogen (secondary N) is 4. The first-order chi connectivity index (χ1) is 30.9. The molecule has 2 atom stereocenters. The molecule has 0 spiro atoms. The second-order valence-electron chi connectivity index (χ2n) is 20.1. The number of rotatable bonds is 13. The fourth-order valence-electron chi connectivity index (χ4n) is 6.03. The highest BCUT2D eigenvalue weighted by atomic mass is 32.1. The van der Waals surface area contributed by atoms with Crippen molar-refractivity contribution in [3.63, 3.8) is 0 Å². The number of β-lactam (4-membered cyclic amide) rings is 1. The van der Waals surface area contributed by atoms with Crippen molar-refractivity contribution in [1.29, 1.82) is 0 Å². The maximum Gasteiger partial charge on any atom is 0.437 e. The van der Waals surface area contributed by atoms with Crippen molar-refractivity contribution in [2.75, 3.05) is 25.0 Å². The van der Waals surface area contributed by atoms with Crippen LogP contribution in [-0.2, 0) is 51.3 Å². The zero-order chi connectivity index (χ0) is 49.9. The Labute approximate surface area is 390 Å². The number of aromatic nitrogens is 4. The van der Waals surface area contributed by atoms with Crippen LogP contribution in [-0.4, -0.2) is 148 Å². The van der Waals surface area contributed by atoms with Gasteiger partial charge in [0.05, 0.1) is 25.3 Å². The molecular formula is C41H60N12O13S. The van der Waals surface area contributed by atoms with Crippen molar-refractivity contribution in [1.82, 2.24) is 45.7 Å². The maximum atomic E-state index is 13.9. The molecule has 2 saturated heterocycles. The fraction of sp³-hybridized carbons (Fsp3) is 0.659. The monoisotopic (exact) mass is 960 g/mol. The van der Waals surface area contributed by atoms with E-state index in [-0.39, 0.29) is 74.0 Å². The molecule has 2 aromatic heterocycles. The Bertz CT molecular complexity index is 2270. The molecule has 2 aromatic rings. The van der Waals surface area contributed by atoms with E-state index in [2.05, 4.69) is 46.6 Å². The molecule has 1 saturated carbocycles. The fourth-order valence-corrected chi connectivity index (χ4v) is 6.71. The number of carbonyl (C=O) groups excluding carboxylic acids is 6. The van der Waals surface area contributed by atoms with Gasteiger partial charge in [-0.25, -0.2) is 33.9 Å². The lowest BCUT2D eigenvalue weighted by molar-refractivity contribution is -0.153. The highest BCUT2D eigenvalue weighted by molar-refractivity contribution is 7.14. The van der Waals surface area contributed by atoms with Crippen molar-refractivity contribution in [2.24, 2.45) is 16.1 Å². The van der Waals surface area contributed by atoms with Gasteiger partial charge in [-0.2, -0.15) is 15.0 Å². The number of ether oxygens (including phenoxy) is 4. The molecule has 5 N–H and O–H groups in total. The Morgan fingerprint density at radius 2 is 1.52 bits per heavy atom. The lowest BCUT2D eigenvalue weighted by atomic mass is 9.98. The number of amides is 6. The summed E-state index contributed by atoms with van der Waals surface area (Å²) in [5, 5.41) is 34.3. The van der Waals surface area contributed by atoms with Crippen LogP contribution in [0, 0.1) is 5.92 Å². The van der Waals surface area contributed by atoms with Crippen molar-refractivity contribution in [3.05, 3.63) is 23.0 Å². The molecular weight excluding hydrogens is 901 g/mol. The van der Waals surface area contributed by atoms with Gasteiger partial charge in [-0.05, 0) is 83.1 Å². The summed E-state index contributed by atoms with van der Waals surface area (Å²) in [7, 11) is 0. The molecule has 3 fully saturated rings. The van der Waals surface area contributed by atoms with Gasteiger partial charge in [-0.1, -0.05) is 5.16 Å². The number of likely N-dealkylation sites (tertiary alicyclic amines) is 1. The zero-order valence-electron chi connectivity index (χ0n) is 39.7. The minimum absolute atomic E-state index is 0.0408. The minimum Gasteiger partial charge on any atom is -0.478 e. The average Bonchev–Trinajstić information content (AvgIpc) is 3.58. The van der Waals surface area contributed by atoms with Crippen molar-refractivity contribution < 1.29 is 62.5 Å².